The fourth-order valence-corrected chi connectivity index (χ4v) is 2.89. The Kier molecular flexibility index (Phi) is 3.32. The van der Waals surface area contributed by atoms with Crippen molar-refractivity contribution >= 4 is 22.8 Å². The Bertz CT molecular complexity index is 556. The number of nitrogens with one attached hydrogen (secondary N) is 1. The maximum atomic E-state index is 5.74. The highest BCUT2D eigenvalue weighted by atomic mass is 16.4. The van der Waals surface area contributed by atoms with Crippen molar-refractivity contribution in [1.82, 2.24) is 4.98 Å². The summed E-state index contributed by atoms with van der Waals surface area (Å²) < 4.78 is 5.70. The predicted octanol–water partition coefficient (Wildman–Crippen LogP) is 3.79. The molecule has 19 heavy (non-hydrogen) atoms. The number of hydrogen-bond donors (Lipinski definition) is 2. The first-order chi connectivity index (χ1) is 9.24. The SMILES string of the molecule is CCC1CCC(Nc2nc3ccc(N)cc3o2)CC1. The van der Waals surface area contributed by atoms with Gasteiger partial charge in [0.2, 0.25) is 0 Å². The first kappa shape index (κ1) is 12.3. The zero-order chi connectivity index (χ0) is 13.2. The first-order valence-corrected chi connectivity index (χ1v) is 7.17. The second-order valence-electron chi connectivity index (χ2n) is 5.52. The molecule has 1 aliphatic carbocycles. The third-order valence-corrected chi connectivity index (χ3v) is 4.16. The lowest BCUT2D eigenvalue weighted by Crippen LogP contribution is -2.25. The van der Waals surface area contributed by atoms with Gasteiger partial charge in [0, 0.05) is 17.8 Å². The second-order valence-corrected chi connectivity index (χ2v) is 5.52. The van der Waals surface area contributed by atoms with Crippen LogP contribution in [0, 0.1) is 5.92 Å². The Hall–Kier alpha value is -1.71. The van der Waals surface area contributed by atoms with Crippen LogP contribution in [-0.2, 0) is 0 Å². The molecule has 4 heteroatoms. The smallest absolute Gasteiger partial charge is 0.295 e. The summed E-state index contributed by atoms with van der Waals surface area (Å²) >= 11 is 0. The standard InChI is InChI=1S/C15H21N3O/c1-2-10-3-6-12(7-4-10)17-15-18-13-8-5-11(16)9-14(13)19-15/h5,8-10,12H,2-4,6-7,16H2,1H3,(H,17,18). The summed E-state index contributed by atoms with van der Waals surface area (Å²) in [5, 5.41) is 3.42. The van der Waals surface area contributed by atoms with Crippen LogP contribution in [0.3, 0.4) is 0 Å². The van der Waals surface area contributed by atoms with E-state index < -0.39 is 0 Å². The maximum Gasteiger partial charge on any atom is 0.295 e. The number of nitrogen functional groups attached to an aromatic ring is 1. The maximum absolute atomic E-state index is 5.74. The summed E-state index contributed by atoms with van der Waals surface area (Å²) in [7, 11) is 0. The van der Waals surface area contributed by atoms with Gasteiger partial charge in [-0.25, -0.2) is 0 Å². The highest BCUT2D eigenvalue weighted by Crippen LogP contribution is 2.29. The quantitative estimate of drug-likeness (QED) is 0.823. The minimum atomic E-state index is 0.494. The molecule has 3 rings (SSSR count). The van der Waals surface area contributed by atoms with Crippen LogP contribution in [-0.4, -0.2) is 11.0 Å². The van der Waals surface area contributed by atoms with Crippen molar-refractivity contribution in [2.75, 3.05) is 11.1 Å². The van der Waals surface area contributed by atoms with Crippen molar-refractivity contribution in [3.8, 4) is 0 Å². The van der Waals surface area contributed by atoms with E-state index in [2.05, 4.69) is 17.2 Å². The Morgan fingerprint density at radius 1 is 1.32 bits per heavy atom. The minimum absolute atomic E-state index is 0.494. The van der Waals surface area contributed by atoms with Gasteiger partial charge < -0.3 is 15.5 Å². The lowest BCUT2D eigenvalue weighted by molar-refractivity contribution is 0.327. The number of nitrogens with zero attached hydrogens (tertiary/aromatic N) is 1. The van der Waals surface area contributed by atoms with Crippen LogP contribution in [0.15, 0.2) is 22.6 Å². The van der Waals surface area contributed by atoms with Gasteiger partial charge in [0.15, 0.2) is 5.58 Å². The second kappa shape index (κ2) is 5.11. The van der Waals surface area contributed by atoms with E-state index in [4.69, 9.17) is 10.2 Å². The molecule has 1 aromatic carbocycles. The van der Waals surface area contributed by atoms with Gasteiger partial charge in [-0.15, -0.1) is 0 Å². The summed E-state index contributed by atoms with van der Waals surface area (Å²) in [4.78, 5) is 4.45. The zero-order valence-electron chi connectivity index (χ0n) is 11.4. The van der Waals surface area contributed by atoms with Crippen LogP contribution in [0.5, 0.6) is 0 Å². The van der Waals surface area contributed by atoms with Crippen molar-refractivity contribution in [3.05, 3.63) is 18.2 Å². The van der Waals surface area contributed by atoms with E-state index >= 15 is 0 Å². The molecule has 0 saturated heterocycles. The molecule has 0 atom stereocenters. The highest BCUT2D eigenvalue weighted by molar-refractivity contribution is 5.78. The highest BCUT2D eigenvalue weighted by Gasteiger charge is 2.21. The van der Waals surface area contributed by atoms with Crippen LogP contribution >= 0.6 is 0 Å². The number of oxazole rings is 1. The Morgan fingerprint density at radius 2 is 2.11 bits per heavy atom. The Morgan fingerprint density at radius 3 is 2.84 bits per heavy atom. The molecule has 3 N–H and O–H groups in total. The van der Waals surface area contributed by atoms with E-state index in [-0.39, 0.29) is 0 Å². The minimum Gasteiger partial charge on any atom is -0.423 e. The van der Waals surface area contributed by atoms with Crippen LogP contribution in [0.2, 0.25) is 0 Å². The van der Waals surface area contributed by atoms with E-state index in [0.29, 0.717) is 17.7 Å². The number of nitrogens with two attached hydrogens (primary N) is 1. The largest absolute Gasteiger partial charge is 0.423 e. The fourth-order valence-electron chi connectivity index (χ4n) is 2.89. The molecule has 0 spiro atoms. The zero-order valence-corrected chi connectivity index (χ0v) is 11.4. The number of aromatic nitrogens is 1. The molecule has 1 aromatic heterocycles. The van der Waals surface area contributed by atoms with E-state index in [1.54, 1.807) is 0 Å². The average Bonchev–Trinajstić information content (AvgIpc) is 2.81. The van der Waals surface area contributed by atoms with Gasteiger partial charge in [0.05, 0.1) is 0 Å². The van der Waals surface area contributed by atoms with Gasteiger partial charge in [0.25, 0.3) is 6.01 Å². The van der Waals surface area contributed by atoms with Gasteiger partial charge in [-0.05, 0) is 43.7 Å². The lowest BCUT2D eigenvalue weighted by Gasteiger charge is -2.27. The normalized spacial score (nSPS) is 23.6. The third kappa shape index (κ3) is 2.67. The average molecular weight is 259 g/mol. The van der Waals surface area contributed by atoms with Crippen LogP contribution < -0.4 is 11.1 Å². The van der Waals surface area contributed by atoms with Gasteiger partial charge in [-0.2, -0.15) is 4.98 Å². The first-order valence-electron chi connectivity index (χ1n) is 7.17. The summed E-state index contributed by atoms with van der Waals surface area (Å²) in [6.07, 6.45) is 6.33. The molecular formula is C15H21N3O. The van der Waals surface area contributed by atoms with Gasteiger partial charge in [-0.1, -0.05) is 13.3 Å². The molecule has 0 aliphatic heterocycles. The number of benzene rings is 1. The molecule has 1 fully saturated rings. The number of fused-ring (bicyclic) bond motifs is 1. The Balaban J connectivity index is 1.68. The van der Waals surface area contributed by atoms with Crippen molar-refractivity contribution in [2.45, 2.75) is 45.1 Å². The molecule has 0 unspecified atom stereocenters. The van der Waals surface area contributed by atoms with Gasteiger partial charge in [0.1, 0.15) is 5.52 Å². The number of hydrogen-bond acceptors (Lipinski definition) is 4. The molecule has 0 bridgehead atoms. The molecule has 1 saturated carbocycles. The summed E-state index contributed by atoms with van der Waals surface area (Å²) in [5.41, 5.74) is 8.06. The lowest BCUT2D eigenvalue weighted by atomic mass is 9.85. The molecular weight excluding hydrogens is 238 g/mol. The van der Waals surface area contributed by atoms with Crippen molar-refractivity contribution in [1.29, 1.82) is 0 Å². The van der Waals surface area contributed by atoms with E-state index in [9.17, 15) is 0 Å². The summed E-state index contributed by atoms with van der Waals surface area (Å²) in [6.45, 7) is 2.28. The molecule has 4 nitrogen and oxygen atoms in total. The molecule has 0 amide bonds. The van der Waals surface area contributed by atoms with Gasteiger partial charge >= 0.3 is 0 Å². The van der Waals surface area contributed by atoms with Crippen LogP contribution in [0.1, 0.15) is 39.0 Å². The third-order valence-electron chi connectivity index (χ3n) is 4.16. The van der Waals surface area contributed by atoms with Crippen molar-refractivity contribution in [2.24, 2.45) is 5.92 Å². The van der Waals surface area contributed by atoms with E-state index in [1.807, 2.05) is 18.2 Å². The number of rotatable bonds is 3. The van der Waals surface area contributed by atoms with Crippen LogP contribution in [0.25, 0.3) is 11.1 Å². The van der Waals surface area contributed by atoms with Crippen LogP contribution in [0.4, 0.5) is 11.7 Å². The fraction of sp³-hybridized carbons (Fsp3) is 0.533. The van der Waals surface area contributed by atoms with Gasteiger partial charge in [-0.3, -0.25) is 0 Å². The molecule has 2 aromatic rings. The topological polar surface area (TPSA) is 64.1 Å². The summed E-state index contributed by atoms with van der Waals surface area (Å²) in [6, 6.07) is 6.68. The summed E-state index contributed by atoms with van der Waals surface area (Å²) in [5.74, 6) is 0.904. The molecule has 102 valence electrons. The molecule has 1 aliphatic rings. The predicted molar refractivity (Wildman–Crippen MR) is 78.1 cm³/mol. The molecule has 0 radical (unpaired) electrons. The monoisotopic (exact) mass is 259 g/mol. The molecule has 1 heterocycles. The van der Waals surface area contributed by atoms with E-state index in [1.165, 1.54) is 32.1 Å². The van der Waals surface area contributed by atoms with E-state index in [0.717, 1.165) is 17.0 Å². The van der Waals surface area contributed by atoms with Crippen molar-refractivity contribution < 1.29 is 4.42 Å². The number of anilines is 2. The van der Waals surface area contributed by atoms with Crippen molar-refractivity contribution in [3.63, 3.8) is 0 Å². The Labute approximate surface area is 113 Å².